The van der Waals surface area contributed by atoms with Gasteiger partial charge in [0.15, 0.2) is 5.78 Å². The van der Waals surface area contributed by atoms with Crippen molar-refractivity contribution in [3.63, 3.8) is 0 Å². The van der Waals surface area contributed by atoms with Crippen LogP contribution in [0.3, 0.4) is 0 Å². The lowest BCUT2D eigenvalue weighted by Gasteiger charge is -2.19. The first kappa shape index (κ1) is 11.0. The van der Waals surface area contributed by atoms with Gasteiger partial charge in [0.05, 0.1) is 0 Å². The second-order valence-electron chi connectivity index (χ2n) is 2.40. The zero-order valence-electron chi connectivity index (χ0n) is 6.40. The molecule has 5 heteroatoms. The monoisotopic (exact) mass is 181 g/mol. The molecule has 0 saturated heterocycles. The fourth-order valence-corrected chi connectivity index (χ4v) is 0.569. The first-order valence-electron chi connectivity index (χ1n) is 3.27. The molecule has 0 rings (SSSR count). The van der Waals surface area contributed by atoms with Gasteiger partial charge in [0.2, 0.25) is 0 Å². The average Bonchev–Trinajstić information content (AvgIpc) is 2.09. The summed E-state index contributed by atoms with van der Waals surface area (Å²) >= 11 is 0. The molecule has 12 heavy (non-hydrogen) atoms. The number of hydrogen-bond acceptors (Lipinski definition) is 2. The Morgan fingerprint density at radius 1 is 1.25 bits per heavy atom. The molecule has 0 aliphatic carbocycles. The number of alkyl halides is 3. The summed E-state index contributed by atoms with van der Waals surface area (Å²) < 4.78 is 36.3. The van der Waals surface area contributed by atoms with Crippen molar-refractivity contribution in [2.45, 2.75) is 0 Å². The topological polar surface area (TPSA) is 43.1 Å². The molecule has 0 saturated carbocycles. The van der Waals surface area contributed by atoms with E-state index in [4.69, 9.17) is 5.73 Å². The molecule has 0 heterocycles. The quantitative estimate of drug-likeness (QED) is 0.641. The van der Waals surface area contributed by atoms with Crippen LogP contribution >= 0.6 is 0 Å². The Balaban J connectivity index is 4.58. The van der Waals surface area contributed by atoms with Gasteiger partial charge in [-0.15, -0.1) is 0 Å². The molecule has 0 fully saturated rings. The molecule has 0 spiro atoms. The Bertz CT molecular complexity index is 169. The molecule has 70 valence electrons. The third-order valence-corrected chi connectivity index (χ3v) is 1.54. The summed E-state index contributed by atoms with van der Waals surface area (Å²) in [7, 11) is 0. The van der Waals surface area contributed by atoms with Crippen LogP contribution in [0.4, 0.5) is 13.2 Å². The van der Waals surface area contributed by atoms with Gasteiger partial charge >= 0.3 is 0 Å². The van der Waals surface area contributed by atoms with E-state index in [1.54, 1.807) is 0 Å². The number of ketones is 1. The van der Waals surface area contributed by atoms with Crippen molar-refractivity contribution in [1.29, 1.82) is 0 Å². The number of carbonyl (C=O) groups is 1. The van der Waals surface area contributed by atoms with Gasteiger partial charge in [-0.3, -0.25) is 4.79 Å². The zero-order chi connectivity index (χ0) is 9.61. The van der Waals surface area contributed by atoms with Crippen LogP contribution in [0.2, 0.25) is 0 Å². The average molecular weight is 181 g/mol. The largest absolute Gasteiger partial charge is 0.404 e. The van der Waals surface area contributed by atoms with Crippen molar-refractivity contribution in [2.24, 2.45) is 11.1 Å². The van der Waals surface area contributed by atoms with Gasteiger partial charge in [0.25, 0.3) is 0 Å². The van der Waals surface area contributed by atoms with Crippen LogP contribution in [0, 0.1) is 5.41 Å². The van der Waals surface area contributed by atoms with Gasteiger partial charge < -0.3 is 5.73 Å². The second-order valence-corrected chi connectivity index (χ2v) is 2.40. The standard InChI is InChI=1S/C7H10F3NO/c8-3-7(4-9,5-10)6(12)1-2-11/h1-2H,3-5,11H2. The summed E-state index contributed by atoms with van der Waals surface area (Å²) in [6.45, 7) is -4.07. The molecule has 2 N–H and O–H groups in total. The summed E-state index contributed by atoms with van der Waals surface area (Å²) in [5.41, 5.74) is 2.65. The van der Waals surface area contributed by atoms with Crippen LogP contribution in [0.15, 0.2) is 12.3 Å². The second kappa shape index (κ2) is 4.79. The zero-order valence-corrected chi connectivity index (χ0v) is 6.40. The number of nitrogens with two attached hydrogens (primary N) is 1. The molecule has 0 aromatic heterocycles. The Labute approximate surface area is 68.2 Å². The van der Waals surface area contributed by atoms with Crippen LogP contribution in [0.25, 0.3) is 0 Å². The SMILES string of the molecule is NC=CC(=O)C(CF)(CF)CF. The highest BCUT2D eigenvalue weighted by Gasteiger charge is 2.37. The van der Waals surface area contributed by atoms with Gasteiger partial charge in [-0.2, -0.15) is 0 Å². The summed E-state index contributed by atoms with van der Waals surface area (Å²) in [5, 5.41) is 0. The number of allylic oxidation sites excluding steroid dienone is 1. The van der Waals surface area contributed by atoms with Gasteiger partial charge in [-0.25, -0.2) is 13.2 Å². The highest BCUT2D eigenvalue weighted by atomic mass is 19.1. The number of carbonyl (C=O) groups excluding carboxylic acids is 1. The molecular weight excluding hydrogens is 171 g/mol. The molecule has 0 aliphatic rings. The van der Waals surface area contributed by atoms with E-state index in [1.165, 1.54) is 0 Å². The van der Waals surface area contributed by atoms with E-state index in [1.807, 2.05) is 0 Å². The summed E-state index contributed by atoms with van der Waals surface area (Å²) in [6.07, 6.45) is 1.59. The lowest BCUT2D eigenvalue weighted by molar-refractivity contribution is -0.126. The molecular formula is C7H10F3NO. The minimum Gasteiger partial charge on any atom is -0.404 e. The summed E-state index contributed by atoms with van der Waals surface area (Å²) in [6, 6.07) is 0. The number of hydrogen-bond donors (Lipinski definition) is 1. The Hall–Kier alpha value is -1.00. The first-order valence-corrected chi connectivity index (χ1v) is 3.27. The predicted octanol–water partition coefficient (Wildman–Crippen LogP) is 0.923. The third kappa shape index (κ3) is 1.99. The van der Waals surface area contributed by atoms with E-state index in [9.17, 15) is 18.0 Å². The van der Waals surface area contributed by atoms with E-state index in [0.717, 1.165) is 12.3 Å². The van der Waals surface area contributed by atoms with E-state index in [2.05, 4.69) is 0 Å². The highest BCUT2D eigenvalue weighted by molar-refractivity contribution is 5.95. The number of halogens is 3. The molecule has 0 atom stereocenters. The molecule has 0 radical (unpaired) electrons. The van der Waals surface area contributed by atoms with Crippen LogP contribution in [0.5, 0.6) is 0 Å². The molecule has 0 aromatic carbocycles. The van der Waals surface area contributed by atoms with Crippen molar-refractivity contribution in [2.75, 3.05) is 20.0 Å². The molecule has 0 aromatic rings. The maximum Gasteiger partial charge on any atom is 0.171 e. The van der Waals surface area contributed by atoms with Gasteiger partial charge in [0.1, 0.15) is 25.4 Å². The summed E-state index contributed by atoms with van der Waals surface area (Å²) in [4.78, 5) is 10.9. The third-order valence-electron chi connectivity index (χ3n) is 1.54. The predicted molar refractivity (Wildman–Crippen MR) is 38.7 cm³/mol. The van der Waals surface area contributed by atoms with Crippen LogP contribution in [-0.4, -0.2) is 25.8 Å². The molecule has 0 bridgehead atoms. The van der Waals surface area contributed by atoms with Crippen molar-refractivity contribution in [3.05, 3.63) is 12.3 Å². The van der Waals surface area contributed by atoms with Crippen LogP contribution < -0.4 is 5.73 Å². The lowest BCUT2D eigenvalue weighted by Crippen LogP contribution is -2.37. The molecule has 0 amide bonds. The van der Waals surface area contributed by atoms with Crippen molar-refractivity contribution in [3.8, 4) is 0 Å². The molecule has 2 nitrogen and oxygen atoms in total. The van der Waals surface area contributed by atoms with Gasteiger partial charge in [0, 0.05) is 0 Å². The lowest BCUT2D eigenvalue weighted by atomic mass is 9.88. The molecule has 0 aliphatic heterocycles. The first-order chi connectivity index (χ1) is 5.66. The van der Waals surface area contributed by atoms with Crippen molar-refractivity contribution in [1.82, 2.24) is 0 Å². The maximum absolute atomic E-state index is 12.1. The Kier molecular flexibility index (Phi) is 4.39. The number of rotatable bonds is 5. The van der Waals surface area contributed by atoms with E-state index in [0.29, 0.717) is 0 Å². The Morgan fingerprint density at radius 2 is 1.67 bits per heavy atom. The van der Waals surface area contributed by atoms with Crippen LogP contribution in [-0.2, 0) is 4.79 Å². The van der Waals surface area contributed by atoms with E-state index >= 15 is 0 Å². The normalized spacial score (nSPS) is 12.2. The maximum atomic E-state index is 12.1. The minimum absolute atomic E-state index is 0.763. The van der Waals surface area contributed by atoms with Gasteiger partial charge in [-0.05, 0) is 12.3 Å². The fraction of sp³-hybridized carbons (Fsp3) is 0.571. The van der Waals surface area contributed by atoms with Crippen molar-refractivity contribution < 1.29 is 18.0 Å². The smallest absolute Gasteiger partial charge is 0.171 e. The van der Waals surface area contributed by atoms with Crippen molar-refractivity contribution >= 4 is 5.78 Å². The van der Waals surface area contributed by atoms with E-state index in [-0.39, 0.29) is 0 Å². The Morgan fingerprint density at radius 3 is 1.92 bits per heavy atom. The van der Waals surface area contributed by atoms with Gasteiger partial charge in [-0.1, -0.05) is 0 Å². The van der Waals surface area contributed by atoms with Crippen LogP contribution in [0.1, 0.15) is 0 Å². The summed E-state index contributed by atoms with van der Waals surface area (Å²) in [5.74, 6) is -0.961. The fourth-order valence-electron chi connectivity index (χ4n) is 0.569. The molecule has 0 unspecified atom stereocenters. The highest BCUT2D eigenvalue weighted by Crippen LogP contribution is 2.21. The minimum atomic E-state index is -2.17. The van der Waals surface area contributed by atoms with E-state index < -0.39 is 31.2 Å².